The summed E-state index contributed by atoms with van der Waals surface area (Å²) in [5.41, 5.74) is 1.52. The number of aryl methyl sites for hydroxylation is 1. The molecule has 0 radical (unpaired) electrons. The molecule has 1 aliphatic carbocycles. The predicted molar refractivity (Wildman–Crippen MR) is 84.1 cm³/mol. The Hall–Kier alpha value is -1.68. The van der Waals surface area contributed by atoms with Crippen molar-refractivity contribution in [2.24, 2.45) is 0 Å². The van der Waals surface area contributed by atoms with E-state index in [0.29, 0.717) is 6.04 Å². The molecule has 1 aliphatic rings. The Morgan fingerprint density at radius 3 is 2.62 bits per heavy atom. The second kappa shape index (κ2) is 7.36. The van der Waals surface area contributed by atoms with Crippen molar-refractivity contribution in [1.82, 2.24) is 20.5 Å². The minimum absolute atomic E-state index is 0.694. The summed E-state index contributed by atoms with van der Waals surface area (Å²) in [4.78, 5) is 4.15. The number of aromatic nitrogens is 3. The molecule has 21 heavy (non-hydrogen) atoms. The van der Waals surface area contributed by atoms with Crippen molar-refractivity contribution in [3.05, 3.63) is 48.0 Å². The summed E-state index contributed by atoms with van der Waals surface area (Å²) < 4.78 is 0. The van der Waals surface area contributed by atoms with E-state index >= 15 is 0 Å². The first kappa shape index (κ1) is 14.3. The van der Waals surface area contributed by atoms with Gasteiger partial charge in [-0.3, -0.25) is 5.10 Å². The van der Waals surface area contributed by atoms with Crippen molar-refractivity contribution >= 4 is 0 Å². The number of benzene rings is 1. The number of nitrogens with zero attached hydrogens (tertiary/aromatic N) is 2. The second-order valence-corrected chi connectivity index (χ2v) is 5.95. The highest BCUT2D eigenvalue weighted by Crippen LogP contribution is 2.32. The molecule has 3 rings (SSSR count). The largest absolute Gasteiger partial charge is 0.314 e. The van der Waals surface area contributed by atoms with Gasteiger partial charge in [-0.05, 0) is 50.1 Å². The van der Waals surface area contributed by atoms with Gasteiger partial charge in [0.25, 0.3) is 0 Å². The lowest BCUT2D eigenvalue weighted by Crippen LogP contribution is -2.33. The lowest BCUT2D eigenvalue weighted by molar-refractivity contribution is 0.342. The molecule has 4 heteroatoms. The van der Waals surface area contributed by atoms with Crippen LogP contribution in [-0.2, 0) is 6.42 Å². The predicted octanol–water partition coefficient (Wildman–Crippen LogP) is 3.05. The summed E-state index contributed by atoms with van der Waals surface area (Å²) in [6.07, 6.45) is 8.88. The van der Waals surface area contributed by atoms with E-state index in [2.05, 4.69) is 50.8 Å². The topological polar surface area (TPSA) is 53.6 Å². The van der Waals surface area contributed by atoms with Gasteiger partial charge >= 0.3 is 0 Å². The van der Waals surface area contributed by atoms with E-state index in [1.807, 2.05) is 0 Å². The fourth-order valence-electron chi connectivity index (χ4n) is 3.27. The number of rotatable bonds is 6. The molecule has 1 fully saturated rings. The maximum Gasteiger partial charge on any atom is 0.137 e. The molecular formula is C17H24N4. The fourth-order valence-corrected chi connectivity index (χ4v) is 3.27. The van der Waals surface area contributed by atoms with Crippen LogP contribution in [0.15, 0.2) is 36.7 Å². The van der Waals surface area contributed by atoms with E-state index in [1.54, 1.807) is 6.33 Å². The van der Waals surface area contributed by atoms with Crippen LogP contribution >= 0.6 is 0 Å². The summed E-state index contributed by atoms with van der Waals surface area (Å²) in [6.45, 7) is 1.07. The number of H-pyrrole nitrogens is 1. The monoisotopic (exact) mass is 284 g/mol. The third-order valence-corrected chi connectivity index (χ3v) is 4.49. The van der Waals surface area contributed by atoms with Crippen LogP contribution in [0.25, 0.3) is 0 Å². The molecule has 0 spiro atoms. The van der Waals surface area contributed by atoms with Gasteiger partial charge in [0.2, 0.25) is 0 Å². The lowest BCUT2D eigenvalue weighted by Gasteiger charge is -2.29. The van der Waals surface area contributed by atoms with E-state index in [9.17, 15) is 0 Å². The van der Waals surface area contributed by atoms with Crippen molar-refractivity contribution in [2.45, 2.75) is 50.5 Å². The molecule has 2 aromatic rings. The first-order valence-corrected chi connectivity index (χ1v) is 8.04. The lowest BCUT2D eigenvalue weighted by atomic mass is 9.82. The summed E-state index contributed by atoms with van der Waals surface area (Å²) >= 11 is 0. The Bertz CT molecular complexity index is 501. The van der Waals surface area contributed by atoms with Crippen LogP contribution < -0.4 is 5.32 Å². The van der Waals surface area contributed by atoms with E-state index in [1.165, 1.54) is 31.2 Å². The molecule has 2 N–H and O–H groups in total. The van der Waals surface area contributed by atoms with Crippen molar-refractivity contribution in [2.75, 3.05) is 6.54 Å². The molecule has 1 aromatic heterocycles. The maximum absolute atomic E-state index is 4.15. The Morgan fingerprint density at radius 1 is 1.10 bits per heavy atom. The zero-order valence-corrected chi connectivity index (χ0v) is 12.5. The second-order valence-electron chi connectivity index (χ2n) is 5.95. The Labute approximate surface area is 126 Å². The zero-order chi connectivity index (χ0) is 14.3. The van der Waals surface area contributed by atoms with Crippen LogP contribution in [0.3, 0.4) is 0 Å². The van der Waals surface area contributed by atoms with Gasteiger partial charge in [0.1, 0.15) is 12.2 Å². The van der Waals surface area contributed by atoms with Gasteiger partial charge in [0.15, 0.2) is 0 Å². The maximum atomic E-state index is 4.15. The number of hydrogen-bond donors (Lipinski definition) is 2. The van der Waals surface area contributed by atoms with E-state index in [4.69, 9.17) is 0 Å². The average Bonchev–Trinajstić information content (AvgIpc) is 3.06. The van der Waals surface area contributed by atoms with E-state index in [-0.39, 0.29) is 0 Å². The molecule has 0 amide bonds. The summed E-state index contributed by atoms with van der Waals surface area (Å²) in [5, 5.41) is 10.5. The number of nitrogens with one attached hydrogen (secondary N) is 2. The van der Waals surface area contributed by atoms with Crippen molar-refractivity contribution in [3.8, 4) is 0 Å². The first-order chi connectivity index (χ1) is 10.4. The number of aromatic amines is 1. The Balaban J connectivity index is 1.34. The molecule has 0 atom stereocenters. The number of hydrogen-bond acceptors (Lipinski definition) is 3. The van der Waals surface area contributed by atoms with Gasteiger partial charge in [-0.1, -0.05) is 30.3 Å². The van der Waals surface area contributed by atoms with Gasteiger partial charge < -0.3 is 5.32 Å². The summed E-state index contributed by atoms with van der Waals surface area (Å²) in [5.74, 6) is 1.75. The zero-order valence-electron chi connectivity index (χ0n) is 12.5. The quantitative estimate of drug-likeness (QED) is 0.802. The molecule has 0 unspecified atom stereocenters. The van der Waals surface area contributed by atoms with Crippen LogP contribution in [0.1, 0.15) is 49.4 Å². The summed E-state index contributed by atoms with van der Waals surface area (Å²) in [7, 11) is 0. The minimum atomic E-state index is 0.694. The standard InChI is InChI=1S/C17H24N4/c1-2-5-14(6-3-1)15-8-10-16(11-9-15)18-12-4-7-17-19-13-20-21-17/h1-3,5-6,13,15-16,18H,4,7-12H2,(H,19,20,21). The highest BCUT2D eigenvalue weighted by Gasteiger charge is 2.21. The van der Waals surface area contributed by atoms with Crippen molar-refractivity contribution in [1.29, 1.82) is 0 Å². The Kier molecular flexibility index (Phi) is 5.00. The smallest absolute Gasteiger partial charge is 0.137 e. The molecule has 0 aliphatic heterocycles. The first-order valence-electron chi connectivity index (χ1n) is 8.04. The normalized spacial score (nSPS) is 22.3. The van der Waals surface area contributed by atoms with Crippen molar-refractivity contribution in [3.63, 3.8) is 0 Å². The van der Waals surface area contributed by atoms with Crippen LogP contribution in [0.5, 0.6) is 0 Å². The van der Waals surface area contributed by atoms with Crippen molar-refractivity contribution < 1.29 is 0 Å². The van der Waals surface area contributed by atoms with Crippen LogP contribution in [0.2, 0.25) is 0 Å². The van der Waals surface area contributed by atoms with Crippen LogP contribution in [0.4, 0.5) is 0 Å². The third-order valence-electron chi connectivity index (χ3n) is 4.49. The SMILES string of the molecule is c1ccc(C2CCC(NCCCc3ncn[nH]3)CC2)cc1. The average molecular weight is 284 g/mol. The molecule has 1 heterocycles. The van der Waals surface area contributed by atoms with Gasteiger partial charge in [-0.15, -0.1) is 0 Å². The Morgan fingerprint density at radius 2 is 1.90 bits per heavy atom. The van der Waals surface area contributed by atoms with E-state index < -0.39 is 0 Å². The molecule has 0 bridgehead atoms. The molecule has 0 saturated heterocycles. The van der Waals surface area contributed by atoms with E-state index in [0.717, 1.165) is 31.1 Å². The van der Waals surface area contributed by atoms with Gasteiger partial charge in [0, 0.05) is 12.5 Å². The van der Waals surface area contributed by atoms with Crippen LogP contribution in [0, 0.1) is 0 Å². The highest BCUT2D eigenvalue weighted by molar-refractivity contribution is 5.20. The fraction of sp³-hybridized carbons (Fsp3) is 0.529. The molecular weight excluding hydrogens is 260 g/mol. The van der Waals surface area contributed by atoms with Gasteiger partial charge in [-0.25, -0.2) is 4.98 Å². The third kappa shape index (κ3) is 4.14. The van der Waals surface area contributed by atoms with Gasteiger partial charge in [0.05, 0.1) is 0 Å². The summed E-state index contributed by atoms with van der Waals surface area (Å²) in [6, 6.07) is 11.7. The minimum Gasteiger partial charge on any atom is -0.314 e. The molecule has 4 nitrogen and oxygen atoms in total. The molecule has 1 saturated carbocycles. The van der Waals surface area contributed by atoms with Crippen LogP contribution in [-0.4, -0.2) is 27.8 Å². The molecule has 1 aromatic carbocycles. The molecule has 112 valence electrons. The van der Waals surface area contributed by atoms with Gasteiger partial charge in [-0.2, -0.15) is 5.10 Å². The highest BCUT2D eigenvalue weighted by atomic mass is 15.2.